The van der Waals surface area contributed by atoms with Gasteiger partial charge in [-0.2, -0.15) is 0 Å². The molecule has 3 aliphatic rings. The van der Waals surface area contributed by atoms with Crippen LogP contribution in [-0.4, -0.2) is 15.2 Å². The lowest BCUT2D eigenvalue weighted by molar-refractivity contribution is 0.307. The van der Waals surface area contributed by atoms with E-state index in [1.165, 1.54) is 41.0 Å². The molecule has 5 heteroatoms. The first-order valence-corrected chi connectivity index (χ1v) is 9.30. The van der Waals surface area contributed by atoms with Gasteiger partial charge in [-0.25, -0.2) is 0 Å². The number of hydrogen-bond acceptors (Lipinski definition) is 4. The Bertz CT molecular complexity index is 738. The summed E-state index contributed by atoms with van der Waals surface area (Å²) < 4.78 is 0. The average molecular weight is 316 g/mol. The zero-order chi connectivity index (χ0) is 14.0. The maximum atomic E-state index is 11.9. The lowest BCUT2D eigenvalue weighted by Gasteiger charge is -2.40. The molecule has 0 amide bonds. The highest BCUT2D eigenvalue weighted by molar-refractivity contribution is 8.00. The fourth-order valence-corrected chi connectivity index (χ4v) is 7.68. The number of pyridine rings is 1. The van der Waals surface area contributed by atoms with E-state index in [4.69, 9.17) is 0 Å². The molecule has 2 aromatic heterocycles. The van der Waals surface area contributed by atoms with Gasteiger partial charge in [0.05, 0.1) is 5.03 Å². The van der Waals surface area contributed by atoms with Crippen LogP contribution < -0.4 is 4.87 Å². The summed E-state index contributed by atoms with van der Waals surface area (Å²) >= 11 is 3.35. The van der Waals surface area contributed by atoms with E-state index in [2.05, 4.69) is 16.0 Å². The van der Waals surface area contributed by atoms with Gasteiger partial charge in [0, 0.05) is 28.4 Å². The minimum absolute atomic E-state index is 0.0914. The van der Waals surface area contributed by atoms with Crippen LogP contribution in [-0.2, 0) is 0 Å². The Morgan fingerprint density at radius 3 is 3.05 bits per heavy atom. The molecule has 2 fully saturated rings. The van der Waals surface area contributed by atoms with Gasteiger partial charge in [0.15, 0.2) is 0 Å². The molecule has 0 unspecified atom stereocenters. The van der Waals surface area contributed by atoms with Gasteiger partial charge in [0.2, 0.25) is 0 Å². The molecular weight excluding hydrogens is 300 g/mol. The summed E-state index contributed by atoms with van der Waals surface area (Å²) in [4.78, 5) is 20.6. The second-order valence-corrected chi connectivity index (χ2v) is 8.67. The molecule has 0 saturated heterocycles. The first-order valence-electron chi connectivity index (χ1n) is 7.61. The maximum Gasteiger partial charge on any atom is 0.305 e. The number of thioether (sulfide) groups is 1. The van der Waals surface area contributed by atoms with Crippen LogP contribution in [0.4, 0.5) is 0 Å². The van der Waals surface area contributed by atoms with Gasteiger partial charge >= 0.3 is 4.87 Å². The number of thiazole rings is 1. The van der Waals surface area contributed by atoms with Gasteiger partial charge in [0.1, 0.15) is 0 Å². The van der Waals surface area contributed by atoms with Crippen LogP contribution in [0.2, 0.25) is 0 Å². The quantitative estimate of drug-likeness (QED) is 0.876. The van der Waals surface area contributed by atoms with E-state index >= 15 is 0 Å². The zero-order valence-electron chi connectivity index (χ0n) is 11.5. The molecule has 0 spiro atoms. The summed E-state index contributed by atoms with van der Waals surface area (Å²) in [5.74, 6) is 2.75. The first kappa shape index (κ1) is 12.5. The predicted octanol–water partition coefficient (Wildman–Crippen LogP) is 3.48. The summed E-state index contributed by atoms with van der Waals surface area (Å²) in [6.07, 6.45) is 7.97. The second-order valence-electron chi connectivity index (χ2n) is 6.46. The molecule has 1 aliphatic heterocycles. The molecular formula is C16H16N2OS2. The lowest BCUT2D eigenvalue weighted by atomic mass is 9.75. The van der Waals surface area contributed by atoms with Gasteiger partial charge in [0.25, 0.3) is 0 Å². The van der Waals surface area contributed by atoms with Crippen molar-refractivity contribution in [1.29, 1.82) is 0 Å². The van der Waals surface area contributed by atoms with Gasteiger partial charge in [-0.3, -0.25) is 9.78 Å². The Labute approximate surface area is 131 Å². The highest BCUT2D eigenvalue weighted by Crippen LogP contribution is 2.63. The van der Waals surface area contributed by atoms with Crippen molar-refractivity contribution in [2.45, 2.75) is 35.5 Å². The first-order chi connectivity index (χ1) is 10.3. The minimum Gasteiger partial charge on any atom is -0.307 e. The number of aromatic nitrogens is 2. The van der Waals surface area contributed by atoms with Crippen molar-refractivity contribution in [1.82, 2.24) is 9.97 Å². The Hall–Kier alpha value is -1.07. The van der Waals surface area contributed by atoms with E-state index in [0.29, 0.717) is 17.1 Å². The van der Waals surface area contributed by atoms with E-state index in [1.807, 2.05) is 30.2 Å². The topological polar surface area (TPSA) is 45.8 Å². The molecule has 5 rings (SSSR count). The molecule has 0 aromatic carbocycles. The zero-order valence-corrected chi connectivity index (χ0v) is 13.1. The molecule has 108 valence electrons. The largest absolute Gasteiger partial charge is 0.307 e. The Morgan fingerprint density at radius 2 is 2.19 bits per heavy atom. The molecule has 1 N–H and O–H groups in total. The summed E-state index contributed by atoms with van der Waals surface area (Å²) in [6.45, 7) is 0. The summed E-state index contributed by atoms with van der Waals surface area (Å²) in [6, 6.07) is 4.21. The predicted molar refractivity (Wildman–Crippen MR) is 85.0 cm³/mol. The normalized spacial score (nSPS) is 36.5. The fraction of sp³-hybridized carbons (Fsp3) is 0.500. The second kappa shape index (κ2) is 4.46. The summed E-state index contributed by atoms with van der Waals surface area (Å²) in [5, 5.41) is 1.82. The molecule has 5 atom stereocenters. The average Bonchev–Trinajstić information content (AvgIpc) is 3.18. The number of H-pyrrole nitrogens is 1. The van der Waals surface area contributed by atoms with Crippen LogP contribution in [0.5, 0.6) is 0 Å². The SMILES string of the molecule is O=c1[nH]c2c(s1)[C@H](c1cccnc1)[C@H]1[C@@H]3CC[C@H](C3)[C@@H]1S2. The number of hydrogen-bond donors (Lipinski definition) is 1. The van der Waals surface area contributed by atoms with E-state index in [0.717, 1.165) is 16.9 Å². The third-order valence-electron chi connectivity index (χ3n) is 5.51. The smallest absolute Gasteiger partial charge is 0.305 e. The number of fused-ring (bicyclic) bond motifs is 6. The van der Waals surface area contributed by atoms with E-state index in [-0.39, 0.29) is 4.87 Å². The maximum absolute atomic E-state index is 11.9. The highest BCUT2D eigenvalue weighted by atomic mass is 32.2. The van der Waals surface area contributed by atoms with Crippen LogP contribution in [0.3, 0.4) is 0 Å². The van der Waals surface area contributed by atoms with Crippen LogP contribution in [0.1, 0.15) is 35.6 Å². The van der Waals surface area contributed by atoms with Gasteiger partial charge in [-0.1, -0.05) is 17.4 Å². The summed E-state index contributed by atoms with van der Waals surface area (Å²) in [5.41, 5.74) is 1.29. The van der Waals surface area contributed by atoms with Crippen LogP contribution in [0.25, 0.3) is 0 Å². The van der Waals surface area contributed by atoms with Gasteiger partial charge < -0.3 is 4.98 Å². The van der Waals surface area contributed by atoms with Crippen molar-refractivity contribution in [2.24, 2.45) is 17.8 Å². The third kappa shape index (κ3) is 1.73. The van der Waals surface area contributed by atoms with Crippen molar-refractivity contribution in [3.05, 3.63) is 44.6 Å². The van der Waals surface area contributed by atoms with Gasteiger partial charge in [-0.05, 0) is 48.6 Å². The Morgan fingerprint density at radius 1 is 1.29 bits per heavy atom. The molecule has 2 aliphatic carbocycles. The Kier molecular flexibility index (Phi) is 2.65. The van der Waals surface area contributed by atoms with Crippen molar-refractivity contribution < 1.29 is 0 Å². The molecule has 0 radical (unpaired) electrons. The van der Waals surface area contributed by atoms with Crippen LogP contribution in [0.15, 0.2) is 34.3 Å². The third-order valence-corrected chi connectivity index (χ3v) is 8.13. The van der Waals surface area contributed by atoms with Crippen LogP contribution >= 0.6 is 23.1 Å². The number of nitrogens with zero attached hydrogens (tertiary/aromatic N) is 1. The number of rotatable bonds is 1. The molecule has 21 heavy (non-hydrogen) atoms. The lowest BCUT2D eigenvalue weighted by Crippen LogP contribution is -2.33. The van der Waals surface area contributed by atoms with Gasteiger partial charge in [-0.15, -0.1) is 11.8 Å². The molecule has 2 aromatic rings. The molecule has 3 heterocycles. The van der Waals surface area contributed by atoms with Crippen molar-refractivity contribution in [3.63, 3.8) is 0 Å². The molecule has 3 nitrogen and oxygen atoms in total. The molecule has 2 bridgehead atoms. The van der Waals surface area contributed by atoms with E-state index in [1.54, 1.807) is 0 Å². The van der Waals surface area contributed by atoms with E-state index in [9.17, 15) is 4.79 Å². The number of nitrogens with one attached hydrogen (secondary N) is 1. The Balaban J connectivity index is 1.70. The standard InChI is InChI=1S/C16H16N2OS2/c19-16-18-15-14(21-16)12(10-2-1-5-17-7-10)11-8-3-4-9(6-8)13(11)20-15/h1-2,5,7-9,11-13H,3-4,6H2,(H,18,19)/t8-,9-,11-,12-,13+/m1/s1. The minimum atomic E-state index is 0.0914. The molecule has 2 saturated carbocycles. The fourth-order valence-electron chi connectivity index (χ4n) is 4.78. The highest BCUT2D eigenvalue weighted by Gasteiger charge is 2.54. The van der Waals surface area contributed by atoms with Crippen molar-refractivity contribution in [3.8, 4) is 0 Å². The van der Waals surface area contributed by atoms with E-state index < -0.39 is 0 Å². The monoisotopic (exact) mass is 316 g/mol. The van der Waals surface area contributed by atoms with Crippen molar-refractivity contribution in [2.75, 3.05) is 0 Å². The van der Waals surface area contributed by atoms with Crippen LogP contribution in [0, 0.1) is 17.8 Å². The van der Waals surface area contributed by atoms with Crippen molar-refractivity contribution >= 4 is 23.1 Å². The summed E-state index contributed by atoms with van der Waals surface area (Å²) in [7, 11) is 0. The number of aromatic amines is 1.